The van der Waals surface area contributed by atoms with E-state index in [1.165, 1.54) is 0 Å². The Balaban J connectivity index is 2.97. The molecule has 0 heterocycles. The molecule has 0 bridgehead atoms. The summed E-state index contributed by atoms with van der Waals surface area (Å²) < 4.78 is 0.232. The van der Waals surface area contributed by atoms with E-state index in [4.69, 9.17) is 28.9 Å². The number of halogens is 2. The molecule has 3 heteroatoms. The van der Waals surface area contributed by atoms with Gasteiger partial charge in [0.25, 0.3) is 0 Å². The highest BCUT2D eigenvalue weighted by molar-refractivity contribution is 6.57. The van der Waals surface area contributed by atoms with E-state index in [1.54, 1.807) is 18.2 Å². The molecule has 0 fully saturated rings. The minimum absolute atomic E-state index is 0.232. The van der Waals surface area contributed by atoms with Gasteiger partial charge in [-0.05, 0) is 23.8 Å². The Morgan fingerprint density at radius 2 is 2.09 bits per heavy atom. The molecule has 0 radical (unpaired) electrons. The number of benzene rings is 1. The third kappa shape index (κ3) is 2.83. The third-order valence-electron chi connectivity index (χ3n) is 1.19. The van der Waals surface area contributed by atoms with Gasteiger partial charge < -0.3 is 5.73 Å². The lowest BCUT2D eigenvalue weighted by Crippen LogP contribution is -1.83. The summed E-state index contributed by atoms with van der Waals surface area (Å²) in [7, 11) is 0. The van der Waals surface area contributed by atoms with Gasteiger partial charge in [0.1, 0.15) is 4.49 Å². The third-order valence-corrected chi connectivity index (χ3v) is 1.40. The van der Waals surface area contributed by atoms with Crippen LogP contribution in [0.4, 0.5) is 5.69 Å². The molecule has 0 aliphatic heterocycles. The lowest BCUT2D eigenvalue weighted by atomic mass is 10.2. The molecule has 0 atom stereocenters. The molecule has 0 spiro atoms. The van der Waals surface area contributed by atoms with Crippen LogP contribution in [0.25, 0.3) is 6.08 Å². The molecular weight excluding hydrogens is 181 g/mol. The van der Waals surface area contributed by atoms with Crippen LogP contribution in [0.2, 0.25) is 0 Å². The zero-order valence-electron chi connectivity index (χ0n) is 5.72. The van der Waals surface area contributed by atoms with Crippen molar-refractivity contribution < 1.29 is 0 Å². The number of nitrogens with two attached hydrogens (primary N) is 1. The molecule has 1 aromatic carbocycles. The second-order valence-electron chi connectivity index (χ2n) is 2.10. The molecule has 1 nitrogen and oxygen atoms in total. The van der Waals surface area contributed by atoms with Crippen LogP contribution >= 0.6 is 23.2 Å². The van der Waals surface area contributed by atoms with E-state index in [0.29, 0.717) is 5.69 Å². The first-order valence-electron chi connectivity index (χ1n) is 3.07. The van der Waals surface area contributed by atoms with E-state index in [9.17, 15) is 0 Å². The second-order valence-corrected chi connectivity index (χ2v) is 3.11. The maximum absolute atomic E-state index is 5.52. The number of hydrogen-bond acceptors (Lipinski definition) is 1. The average molecular weight is 188 g/mol. The Morgan fingerprint density at radius 1 is 1.36 bits per heavy atom. The van der Waals surface area contributed by atoms with Crippen molar-refractivity contribution in [1.29, 1.82) is 0 Å². The summed E-state index contributed by atoms with van der Waals surface area (Å²) >= 11 is 10.9. The van der Waals surface area contributed by atoms with E-state index in [1.807, 2.05) is 12.1 Å². The number of anilines is 1. The normalized spacial score (nSPS) is 9.27. The largest absolute Gasteiger partial charge is 0.399 e. The van der Waals surface area contributed by atoms with Gasteiger partial charge in [-0.25, -0.2) is 0 Å². The first kappa shape index (κ1) is 8.44. The summed E-state index contributed by atoms with van der Waals surface area (Å²) in [4.78, 5) is 0. The standard InChI is InChI=1S/C8H7Cl2N/c9-8(10)5-6-2-1-3-7(11)4-6/h1-5H,11H2. The van der Waals surface area contributed by atoms with Crippen LogP contribution in [0.15, 0.2) is 28.8 Å². The fourth-order valence-electron chi connectivity index (χ4n) is 0.775. The van der Waals surface area contributed by atoms with Gasteiger partial charge >= 0.3 is 0 Å². The molecule has 58 valence electrons. The molecule has 1 rings (SSSR count). The second kappa shape index (κ2) is 3.65. The van der Waals surface area contributed by atoms with E-state index in [0.717, 1.165) is 5.56 Å². The predicted octanol–water partition coefficient (Wildman–Crippen LogP) is 3.04. The van der Waals surface area contributed by atoms with Gasteiger partial charge in [-0.3, -0.25) is 0 Å². The minimum Gasteiger partial charge on any atom is -0.399 e. The fraction of sp³-hybridized carbons (Fsp3) is 0. The van der Waals surface area contributed by atoms with Gasteiger partial charge in [-0.15, -0.1) is 0 Å². The summed E-state index contributed by atoms with van der Waals surface area (Å²) in [6.45, 7) is 0. The number of nitrogen functional groups attached to an aromatic ring is 1. The summed E-state index contributed by atoms with van der Waals surface area (Å²) in [6.07, 6.45) is 1.64. The smallest absolute Gasteiger partial charge is 0.107 e. The molecule has 0 unspecified atom stereocenters. The Labute approximate surface area is 75.4 Å². The van der Waals surface area contributed by atoms with Crippen LogP contribution in [0.1, 0.15) is 5.56 Å². The number of rotatable bonds is 1. The molecular formula is C8H7Cl2N. The molecule has 2 N–H and O–H groups in total. The van der Waals surface area contributed by atoms with Crippen molar-refractivity contribution in [1.82, 2.24) is 0 Å². The van der Waals surface area contributed by atoms with Crippen molar-refractivity contribution in [3.63, 3.8) is 0 Å². The molecule has 0 saturated carbocycles. The van der Waals surface area contributed by atoms with E-state index < -0.39 is 0 Å². The van der Waals surface area contributed by atoms with Crippen molar-refractivity contribution in [2.45, 2.75) is 0 Å². The van der Waals surface area contributed by atoms with Crippen molar-refractivity contribution >= 4 is 35.0 Å². The highest BCUT2D eigenvalue weighted by Crippen LogP contribution is 2.15. The molecule has 1 aromatic rings. The first-order chi connectivity index (χ1) is 5.18. The Kier molecular flexibility index (Phi) is 2.80. The summed E-state index contributed by atoms with van der Waals surface area (Å²) in [5.41, 5.74) is 7.13. The average Bonchev–Trinajstić information content (AvgIpc) is 1.85. The minimum atomic E-state index is 0.232. The van der Waals surface area contributed by atoms with Crippen molar-refractivity contribution in [2.24, 2.45) is 0 Å². The van der Waals surface area contributed by atoms with Crippen LogP contribution in [-0.4, -0.2) is 0 Å². The Bertz CT molecular complexity index is 277. The molecule has 0 saturated heterocycles. The first-order valence-corrected chi connectivity index (χ1v) is 3.82. The van der Waals surface area contributed by atoms with Crippen LogP contribution in [0.3, 0.4) is 0 Å². The molecule has 0 aliphatic carbocycles. The zero-order chi connectivity index (χ0) is 8.27. The maximum Gasteiger partial charge on any atom is 0.107 e. The fourth-order valence-corrected chi connectivity index (χ4v) is 1.03. The Hall–Kier alpha value is -0.660. The predicted molar refractivity (Wildman–Crippen MR) is 50.5 cm³/mol. The molecule has 0 aromatic heterocycles. The topological polar surface area (TPSA) is 26.0 Å². The monoisotopic (exact) mass is 187 g/mol. The van der Waals surface area contributed by atoms with Crippen LogP contribution in [-0.2, 0) is 0 Å². The van der Waals surface area contributed by atoms with E-state index in [2.05, 4.69) is 0 Å². The molecule has 0 amide bonds. The van der Waals surface area contributed by atoms with Gasteiger partial charge in [-0.1, -0.05) is 35.3 Å². The SMILES string of the molecule is Nc1cccc(C=C(Cl)Cl)c1. The number of hydrogen-bond donors (Lipinski definition) is 1. The van der Waals surface area contributed by atoms with Gasteiger partial charge in [-0.2, -0.15) is 0 Å². The van der Waals surface area contributed by atoms with Gasteiger partial charge in [0.2, 0.25) is 0 Å². The van der Waals surface area contributed by atoms with Crippen molar-refractivity contribution in [3.8, 4) is 0 Å². The van der Waals surface area contributed by atoms with Gasteiger partial charge in [0.15, 0.2) is 0 Å². The summed E-state index contributed by atoms with van der Waals surface area (Å²) in [5, 5.41) is 0. The zero-order valence-corrected chi connectivity index (χ0v) is 7.23. The van der Waals surface area contributed by atoms with Gasteiger partial charge in [0.05, 0.1) is 0 Å². The highest BCUT2D eigenvalue weighted by Gasteiger charge is 1.89. The van der Waals surface area contributed by atoms with Crippen LogP contribution in [0.5, 0.6) is 0 Å². The van der Waals surface area contributed by atoms with Crippen molar-refractivity contribution in [3.05, 3.63) is 34.3 Å². The quantitative estimate of drug-likeness (QED) is 0.673. The molecule has 11 heavy (non-hydrogen) atoms. The summed E-state index contributed by atoms with van der Waals surface area (Å²) in [5.74, 6) is 0. The summed E-state index contributed by atoms with van der Waals surface area (Å²) in [6, 6.07) is 7.32. The molecule has 0 aliphatic rings. The van der Waals surface area contributed by atoms with Gasteiger partial charge in [0, 0.05) is 5.69 Å². The van der Waals surface area contributed by atoms with Crippen LogP contribution in [0, 0.1) is 0 Å². The lowest BCUT2D eigenvalue weighted by molar-refractivity contribution is 1.64. The van der Waals surface area contributed by atoms with Crippen LogP contribution < -0.4 is 5.73 Å². The maximum atomic E-state index is 5.52. The lowest BCUT2D eigenvalue weighted by Gasteiger charge is -1.94. The van der Waals surface area contributed by atoms with Crippen molar-refractivity contribution in [2.75, 3.05) is 5.73 Å². The van der Waals surface area contributed by atoms with E-state index >= 15 is 0 Å². The van der Waals surface area contributed by atoms with E-state index in [-0.39, 0.29) is 4.49 Å². The highest BCUT2D eigenvalue weighted by atomic mass is 35.5. The Morgan fingerprint density at radius 3 is 2.64 bits per heavy atom.